The average Bonchev–Trinajstić information content (AvgIpc) is 0.777. The van der Waals surface area contributed by atoms with E-state index in [1.807, 2.05) is 6.08 Å². The molecule has 3 heterocycles. The van der Waals surface area contributed by atoms with Gasteiger partial charge in [0.25, 0.3) is 0 Å². The van der Waals surface area contributed by atoms with Crippen LogP contribution in [-0.4, -0.2) is 193 Å². The maximum absolute atomic E-state index is 13.5. The summed E-state index contributed by atoms with van der Waals surface area (Å²) in [4.78, 5) is 13.5. The first-order chi connectivity index (χ1) is 55.3. The molecule has 668 valence electrons. The summed E-state index contributed by atoms with van der Waals surface area (Å²) in [6, 6.07) is -0.972. The van der Waals surface area contributed by atoms with Gasteiger partial charge >= 0.3 is 0 Å². The van der Waals surface area contributed by atoms with Crippen LogP contribution < -0.4 is 5.32 Å². The number of aliphatic hydroxyl groups is 11. The van der Waals surface area contributed by atoms with Gasteiger partial charge in [-0.2, -0.15) is 0 Å². The molecule has 17 atom stereocenters. The lowest BCUT2D eigenvalue weighted by molar-refractivity contribution is -0.379. The summed E-state index contributed by atoms with van der Waals surface area (Å²) >= 11 is 0. The monoisotopic (exact) mass is 1610 g/mol. The summed E-state index contributed by atoms with van der Waals surface area (Å²) in [6.45, 7) is 1.82. The van der Waals surface area contributed by atoms with Crippen molar-refractivity contribution in [2.45, 2.75) is 542 Å². The van der Waals surface area contributed by atoms with Crippen molar-refractivity contribution in [3.63, 3.8) is 0 Å². The van der Waals surface area contributed by atoms with Crippen molar-refractivity contribution in [3.8, 4) is 0 Å². The molecule has 1 amide bonds. The molecule has 3 aliphatic heterocycles. The molecule has 17 unspecified atom stereocenters. The Morgan fingerprint density at radius 1 is 0.310 bits per heavy atom. The summed E-state index contributed by atoms with van der Waals surface area (Å²) in [6.07, 6.45) is 67.9. The molecule has 0 saturated carbocycles. The van der Waals surface area contributed by atoms with Crippen molar-refractivity contribution < 1.29 is 89.4 Å². The maximum Gasteiger partial charge on any atom is 0.220 e. The van der Waals surface area contributed by atoms with E-state index in [0.717, 1.165) is 44.9 Å². The van der Waals surface area contributed by atoms with Crippen LogP contribution in [0.4, 0.5) is 0 Å². The molecule has 113 heavy (non-hydrogen) atoms. The Morgan fingerprint density at radius 3 is 0.858 bits per heavy atom. The van der Waals surface area contributed by atoms with Crippen LogP contribution in [0.15, 0.2) is 24.3 Å². The van der Waals surface area contributed by atoms with Crippen molar-refractivity contribution in [1.82, 2.24) is 5.32 Å². The molecule has 19 nitrogen and oxygen atoms in total. The molecular weight excluding hydrogens is 1430 g/mol. The number of hydrogen-bond acceptors (Lipinski definition) is 18. The van der Waals surface area contributed by atoms with Gasteiger partial charge in [0.1, 0.15) is 73.2 Å². The van der Waals surface area contributed by atoms with Gasteiger partial charge in [-0.3, -0.25) is 4.79 Å². The van der Waals surface area contributed by atoms with Crippen LogP contribution in [0.2, 0.25) is 0 Å². The van der Waals surface area contributed by atoms with E-state index < -0.39 is 124 Å². The molecule has 0 bridgehead atoms. The molecule has 0 radical (unpaired) electrons. The summed E-state index contributed by atoms with van der Waals surface area (Å²) < 4.78 is 34.6. The summed E-state index contributed by atoms with van der Waals surface area (Å²) in [5.74, 6) is -0.265. The van der Waals surface area contributed by atoms with Crippen molar-refractivity contribution >= 4 is 5.91 Å². The lowest BCUT2D eigenvalue weighted by Gasteiger charge is -2.48. The maximum atomic E-state index is 13.5. The number of ether oxygens (including phenoxy) is 6. The lowest BCUT2D eigenvalue weighted by Crippen LogP contribution is -2.66. The van der Waals surface area contributed by atoms with E-state index in [1.54, 1.807) is 6.08 Å². The third-order valence-electron chi connectivity index (χ3n) is 24.2. The molecule has 0 aromatic rings. The Hall–Kier alpha value is -1.73. The van der Waals surface area contributed by atoms with E-state index in [9.17, 15) is 61.0 Å². The fourth-order valence-corrected chi connectivity index (χ4v) is 16.6. The highest BCUT2D eigenvalue weighted by molar-refractivity contribution is 5.76. The second kappa shape index (κ2) is 74.1. The third kappa shape index (κ3) is 52.3. The molecule has 3 fully saturated rings. The number of rotatable bonds is 80. The largest absolute Gasteiger partial charge is 0.394 e. The van der Waals surface area contributed by atoms with Crippen LogP contribution in [0.3, 0.4) is 0 Å². The Kier molecular flexibility index (Phi) is 69.2. The van der Waals surface area contributed by atoms with Crippen LogP contribution >= 0.6 is 0 Å². The van der Waals surface area contributed by atoms with Gasteiger partial charge in [-0.15, -0.1) is 0 Å². The Bertz CT molecular complexity index is 2130. The van der Waals surface area contributed by atoms with Crippen molar-refractivity contribution in [2.24, 2.45) is 0 Å². The molecule has 12 N–H and O–H groups in total. The molecule has 19 heteroatoms. The molecule has 0 aromatic carbocycles. The number of unbranched alkanes of at least 4 members (excludes halogenated alkanes) is 62. The van der Waals surface area contributed by atoms with Crippen molar-refractivity contribution in [3.05, 3.63) is 24.3 Å². The molecule has 0 aromatic heterocycles. The van der Waals surface area contributed by atoms with E-state index in [2.05, 4.69) is 31.3 Å². The zero-order chi connectivity index (χ0) is 81.7. The minimum absolute atomic E-state index is 0.250. The first kappa shape index (κ1) is 105. The van der Waals surface area contributed by atoms with E-state index in [4.69, 9.17) is 28.4 Å². The summed E-state index contributed by atoms with van der Waals surface area (Å²) in [5.41, 5.74) is 0. The number of carbonyl (C=O) groups is 1. The first-order valence-corrected chi connectivity index (χ1v) is 48.1. The molecule has 3 aliphatic rings. The van der Waals surface area contributed by atoms with Crippen LogP contribution in [-0.2, 0) is 33.2 Å². The zero-order valence-corrected chi connectivity index (χ0v) is 72.4. The quantitative estimate of drug-likeness (QED) is 0.0199. The SMILES string of the molecule is CCCCCCCCCC/C=C\CCCCCCCCCCCCCCCCCCCCCCCCCCCCCCCC(=O)NC(COC1OC(CO)C(OC2OC(CO)C(OC3OC(CO)C(O)C(O)C3O)C(O)C2O)C(O)C1O)C(O)/C=C/CCCCCCCCCCCCCCCCCCCCCCCCCCC. The third-order valence-corrected chi connectivity index (χ3v) is 24.2. The second-order valence-electron chi connectivity index (χ2n) is 34.5. The Balaban J connectivity index is 1.28. The summed E-state index contributed by atoms with van der Waals surface area (Å²) in [5, 5.41) is 121. The second-order valence-corrected chi connectivity index (χ2v) is 34.5. The van der Waals surface area contributed by atoms with E-state index in [0.29, 0.717) is 6.42 Å². The zero-order valence-electron chi connectivity index (χ0n) is 72.4. The standard InChI is InChI=1S/C94H179NO18/c1-3-5-7-9-11-13-15-17-19-21-23-25-27-29-31-32-33-34-35-36-37-38-39-40-41-42-43-44-46-48-50-52-54-56-58-60-62-64-66-68-70-72-82(100)95-77(78(99)71-69-67-65-63-61-59-57-55-53-51-49-47-45-30-28-26-24-22-20-18-16-14-12-10-8-6-4-2)76-108-92-88(106)85(103)90(80(74-97)110-92)113-94-89(107)86(104)91(81(75-98)111-94)112-93-87(105)84(102)83(101)79(73-96)109-93/h21,23,69,71,77-81,83-94,96-99,101-107H,3-20,22,24-68,70,72-76H2,1-2H3,(H,95,100)/b23-21-,71-69+. The van der Waals surface area contributed by atoms with Gasteiger partial charge in [0.05, 0.1) is 38.6 Å². The minimum Gasteiger partial charge on any atom is -0.394 e. The topological polar surface area (TPSA) is 307 Å². The van der Waals surface area contributed by atoms with Gasteiger partial charge in [-0.25, -0.2) is 0 Å². The van der Waals surface area contributed by atoms with Gasteiger partial charge in [-0.05, 0) is 44.9 Å². The van der Waals surface area contributed by atoms with Gasteiger partial charge in [0.2, 0.25) is 5.91 Å². The van der Waals surface area contributed by atoms with Crippen molar-refractivity contribution in [1.29, 1.82) is 0 Å². The molecule has 3 rings (SSSR count). The van der Waals surface area contributed by atoms with E-state index in [-0.39, 0.29) is 18.9 Å². The normalized spacial score (nSPS) is 24.8. The Labute approximate surface area is 689 Å². The molecule has 3 saturated heterocycles. The Morgan fingerprint density at radius 2 is 0.558 bits per heavy atom. The van der Waals surface area contributed by atoms with Gasteiger partial charge < -0.3 is 89.9 Å². The first-order valence-electron chi connectivity index (χ1n) is 48.1. The predicted molar refractivity (Wildman–Crippen MR) is 457 cm³/mol. The molecular formula is C94H179NO18. The van der Waals surface area contributed by atoms with Gasteiger partial charge in [0, 0.05) is 6.42 Å². The predicted octanol–water partition coefficient (Wildman–Crippen LogP) is 19.2. The van der Waals surface area contributed by atoms with Gasteiger partial charge in [-0.1, -0.05) is 411 Å². The number of aliphatic hydroxyl groups excluding tert-OH is 11. The highest BCUT2D eigenvalue weighted by Gasteiger charge is 2.54. The van der Waals surface area contributed by atoms with E-state index in [1.165, 1.54) is 366 Å². The number of carbonyl (C=O) groups excluding carboxylic acids is 1. The highest BCUT2D eigenvalue weighted by atomic mass is 16.8. The average molecular weight is 1610 g/mol. The lowest BCUT2D eigenvalue weighted by atomic mass is 9.96. The van der Waals surface area contributed by atoms with Crippen LogP contribution in [0, 0.1) is 0 Å². The smallest absolute Gasteiger partial charge is 0.220 e. The fraction of sp³-hybridized carbons (Fsp3) is 0.947. The van der Waals surface area contributed by atoms with Crippen LogP contribution in [0.5, 0.6) is 0 Å². The number of amides is 1. The van der Waals surface area contributed by atoms with Crippen molar-refractivity contribution in [2.75, 3.05) is 26.4 Å². The van der Waals surface area contributed by atoms with Crippen LogP contribution in [0.1, 0.15) is 438 Å². The molecule has 0 spiro atoms. The minimum atomic E-state index is -1.98. The number of nitrogens with one attached hydrogen (secondary N) is 1. The summed E-state index contributed by atoms with van der Waals surface area (Å²) in [7, 11) is 0. The number of allylic oxidation sites excluding steroid dienone is 3. The number of hydrogen-bond donors (Lipinski definition) is 12. The van der Waals surface area contributed by atoms with Gasteiger partial charge in [0.15, 0.2) is 18.9 Å². The van der Waals surface area contributed by atoms with Crippen LogP contribution in [0.25, 0.3) is 0 Å². The highest BCUT2D eigenvalue weighted by Crippen LogP contribution is 2.34. The van der Waals surface area contributed by atoms with E-state index >= 15 is 0 Å². The fourth-order valence-electron chi connectivity index (χ4n) is 16.6. The molecule has 0 aliphatic carbocycles.